The Morgan fingerprint density at radius 2 is 1.58 bits per heavy atom. The average molecular weight is 543 g/mol. The molecule has 0 atom stereocenters. The Morgan fingerprint density at radius 3 is 2.29 bits per heavy atom. The highest BCUT2D eigenvalue weighted by Gasteiger charge is 2.41. The summed E-state index contributed by atoms with van der Waals surface area (Å²) in [5, 5.41) is 3.10. The lowest BCUT2D eigenvalue weighted by Gasteiger charge is -2.32. The lowest BCUT2D eigenvalue weighted by atomic mass is 9.95. The van der Waals surface area contributed by atoms with E-state index in [-0.39, 0.29) is 17.1 Å². The number of hydrogen-bond acceptors (Lipinski definition) is 4. The van der Waals surface area contributed by atoms with Gasteiger partial charge < -0.3 is 10.1 Å². The maximum atomic E-state index is 14.0. The molecular formula is C30H23ClN2O4S. The Kier molecular flexibility index (Phi) is 7.05. The van der Waals surface area contributed by atoms with Crippen LogP contribution in [0, 0.1) is 0 Å². The van der Waals surface area contributed by atoms with Gasteiger partial charge in [-0.05, 0) is 42.0 Å². The molecule has 8 heteroatoms. The summed E-state index contributed by atoms with van der Waals surface area (Å²) in [4.78, 5) is 13.6. The summed E-state index contributed by atoms with van der Waals surface area (Å²) >= 11 is 6.24. The minimum Gasteiger partial charge on any atom is -0.455 e. The van der Waals surface area contributed by atoms with E-state index in [0.29, 0.717) is 38.9 Å². The lowest BCUT2D eigenvalue weighted by molar-refractivity contribution is -0.112. The first-order valence-electron chi connectivity index (χ1n) is 11.8. The number of carbonyl (C=O) groups excluding carboxylic acids is 1. The van der Waals surface area contributed by atoms with Crippen molar-refractivity contribution in [2.24, 2.45) is 0 Å². The third-order valence-corrected chi connectivity index (χ3v) is 8.01. The van der Waals surface area contributed by atoms with E-state index in [2.05, 4.69) is 11.9 Å². The van der Waals surface area contributed by atoms with Crippen molar-refractivity contribution in [1.29, 1.82) is 0 Å². The van der Waals surface area contributed by atoms with Crippen LogP contribution in [0.1, 0.15) is 11.1 Å². The minimum absolute atomic E-state index is 0.00225. The molecule has 0 radical (unpaired) electrons. The molecule has 4 aromatic carbocycles. The molecule has 5 rings (SSSR count). The van der Waals surface area contributed by atoms with E-state index in [4.69, 9.17) is 16.3 Å². The number of amides is 1. The maximum Gasteiger partial charge on any atom is 0.270 e. The SMILES string of the molecule is C=CCN1c2ccccc2C(c2ccccc2)=C(C(=O)Nc2cc(Cl)ccc2Oc2ccccc2)S1(=O)=O. The molecule has 0 saturated carbocycles. The van der Waals surface area contributed by atoms with Gasteiger partial charge in [0.05, 0.1) is 17.9 Å². The molecule has 0 aromatic heterocycles. The van der Waals surface area contributed by atoms with Crippen LogP contribution in [0.5, 0.6) is 11.5 Å². The van der Waals surface area contributed by atoms with Gasteiger partial charge in [-0.2, -0.15) is 0 Å². The van der Waals surface area contributed by atoms with E-state index >= 15 is 0 Å². The molecule has 1 heterocycles. The van der Waals surface area contributed by atoms with Gasteiger partial charge in [-0.3, -0.25) is 9.10 Å². The average Bonchev–Trinajstić information content (AvgIpc) is 2.92. The van der Waals surface area contributed by atoms with E-state index in [9.17, 15) is 13.2 Å². The molecule has 6 nitrogen and oxygen atoms in total. The predicted molar refractivity (Wildman–Crippen MR) is 152 cm³/mol. The van der Waals surface area contributed by atoms with Gasteiger partial charge in [0.15, 0.2) is 10.7 Å². The largest absolute Gasteiger partial charge is 0.455 e. The number of anilines is 2. The predicted octanol–water partition coefficient (Wildman–Crippen LogP) is 6.87. The molecule has 0 bridgehead atoms. The molecule has 190 valence electrons. The summed E-state index contributed by atoms with van der Waals surface area (Å²) in [6.45, 7) is 3.71. The minimum atomic E-state index is -4.28. The quantitative estimate of drug-likeness (QED) is 0.259. The monoisotopic (exact) mass is 542 g/mol. The number of carbonyl (C=O) groups is 1. The first kappa shape index (κ1) is 25.3. The summed E-state index contributed by atoms with van der Waals surface area (Å²) in [6.07, 6.45) is 1.49. The summed E-state index contributed by atoms with van der Waals surface area (Å²) < 4.78 is 35.2. The van der Waals surface area contributed by atoms with E-state index < -0.39 is 15.9 Å². The molecule has 0 unspecified atom stereocenters. The molecule has 0 aliphatic carbocycles. The van der Waals surface area contributed by atoms with Crippen LogP contribution in [-0.2, 0) is 14.8 Å². The first-order valence-corrected chi connectivity index (χ1v) is 13.6. The second-order valence-electron chi connectivity index (χ2n) is 8.42. The summed E-state index contributed by atoms with van der Waals surface area (Å²) in [6, 6.07) is 29.9. The van der Waals surface area contributed by atoms with Crippen LogP contribution in [0.25, 0.3) is 5.57 Å². The molecule has 0 saturated heterocycles. The van der Waals surface area contributed by atoms with Crippen LogP contribution < -0.4 is 14.4 Å². The first-order chi connectivity index (χ1) is 18.4. The molecule has 1 aliphatic rings. The van der Waals surface area contributed by atoms with E-state index in [1.165, 1.54) is 16.4 Å². The zero-order valence-electron chi connectivity index (χ0n) is 20.2. The highest BCUT2D eigenvalue weighted by molar-refractivity contribution is 7.97. The summed E-state index contributed by atoms with van der Waals surface area (Å²) in [5.41, 5.74) is 2.23. The van der Waals surface area contributed by atoms with Crippen molar-refractivity contribution in [3.05, 3.63) is 137 Å². The van der Waals surface area contributed by atoms with E-state index in [1.54, 1.807) is 66.7 Å². The Morgan fingerprint density at radius 1 is 0.921 bits per heavy atom. The van der Waals surface area contributed by atoms with Crippen LogP contribution in [0.2, 0.25) is 5.02 Å². The summed E-state index contributed by atoms with van der Waals surface area (Å²) in [5.74, 6) is 0.0471. The van der Waals surface area contributed by atoms with Gasteiger partial charge in [-0.25, -0.2) is 8.42 Å². The molecule has 1 N–H and O–H groups in total. The number of benzene rings is 4. The van der Waals surface area contributed by atoms with Crippen molar-refractivity contribution in [3.63, 3.8) is 0 Å². The van der Waals surface area contributed by atoms with Gasteiger partial charge in [0, 0.05) is 16.2 Å². The number of nitrogens with one attached hydrogen (secondary N) is 1. The second-order valence-corrected chi connectivity index (χ2v) is 10.7. The maximum absolute atomic E-state index is 14.0. The number of ether oxygens (including phenoxy) is 1. The van der Waals surface area contributed by atoms with Crippen molar-refractivity contribution in [2.45, 2.75) is 0 Å². The van der Waals surface area contributed by atoms with E-state index in [0.717, 1.165) is 0 Å². The third kappa shape index (κ3) is 4.81. The number of nitrogens with zero attached hydrogens (tertiary/aromatic N) is 1. The number of rotatable bonds is 7. The Balaban J connectivity index is 1.67. The van der Waals surface area contributed by atoms with Gasteiger partial charge >= 0.3 is 0 Å². The number of fused-ring (bicyclic) bond motifs is 1. The van der Waals surface area contributed by atoms with Crippen LogP contribution in [0.3, 0.4) is 0 Å². The van der Waals surface area contributed by atoms with Crippen molar-refractivity contribution < 1.29 is 17.9 Å². The number of para-hydroxylation sites is 2. The normalized spacial score (nSPS) is 14.0. The Bertz CT molecular complexity index is 1650. The fourth-order valence-corrected chi connectivity index (χ4v) is 6.20. The van der Waals surface area contributed by atoms with Gasteiger partial charge in [0.1, 0.15) is 5.75 Å². The lowest BCUT2D eigenvalue weighted by Crippen LogP contribution is -2.39. The van der Waals surface area contributed by atoms with Crippen LogP contribution in [-0.4, -0.2) is 20.9 Å². The van der Waals surface area contributed by atoms with Crippen LogP contribution >= 0.6 is 11.6 Å². The van der Waals surface area contributed by atoms with Crippen molar-refractivity contribution in [1.82, 2.24) is 0 Å². The van der Waals surface area contributed by atoms with Crippen molar-refractivity contribution in [3.8, 4) is 11.5 Å². The van der Waals surface area contributed by atoms with Crippen molar-refractivity contribution >= 4 is 44.5 Å². The highest BCUT2D eigenvalue weighted by Crippen LogP contribution is 2.43. The zero-order valence-corrected chi connectivity index (χ0v) is 21.7. The molecule has 4 aromatic rings. The zero-order chi connectivity index (χ0) is 26.7. The Hall–Kier alpha value is -4.33. The van der Waals surface area contributed by atoms with E-state index in [1.807, 2.05) is 30.3 Å². The molecule has 0 fully saturated rings. The van der Waals surface area contributed by atoms with Crippen LogP contribution in [0.15, 0.2) is 121 Å². The fourth-order valence-electron chi connectivity index (χ4n) is 4.31. The van der Waals surface area contributed by atoms with Crippen molar-refractivity contribution in [2.75, 3.05) is 16.2 Å². The smallest absolute Gasteiger partial charge is 0.270 e. The topological polar surface area (TPSA) is 75.7 Å². The standard InChI is InChI=1S/C30H23ClN2O4S/c1-2-19-33-26-16-10-9-15-24(26)28(21-11-5-3-6-12-21)29(38(33,35)36)30(34)32-25-20-22(31)17-18-27(25)37-23-13-7-4-8-14-23/h2-18,20H,1,19H2,(H,32,34). The fraction of sp³-hybridized carbons (Fsp3) is 0.0333. The molecule has 1 amide bonds. The molecule has 1 aliphatic heterocycles. The highest BCUT2D eigenvalue weighted by atomic mass is 35.5. The van der Waals surface area contributed by atoms with Gasteiger partial charge in [-0.1, -0.05) is 84.4 Å². The number of sulfonamides is 1. The second kappa shape index (κ2) is 10.6. The number of halogens is 1. The van der Waals surface area contributed by atoms with Crippen LogP contribution in [0.4, 0.5) is 11.4 Å². The van der Waals surface area contributed by atoms with Gasteiger partial charge in [0.2, 0.25) is 0 Å². The number of hydrogen-bond donors (Lipinski definition) is 1. The molecular weight excluding hydrogens is 520 g/mol. The molecule has 38 heavy (non-hydrogen) atoms. The molecule has 0 spiro atoms. The van der Waals surface area contributed by atoms with Gasteiger partial charge in [0.25, 0.3) is 15.9 Å². The summed E-state index contributed by atoms with van der Waals surface area (Å²) in [7, 11) is -4.28. The van der Waals surface area contributed by atoms with Gasteiger partial charge in [-0.15, -0.1) is 6.58 Å². The Labute approximate surface area is 226 Å². The third-order valence-electron chi connectivity index (χ3n) is 5.94.